The van der Waals surface area contributed by atoms with Crippen molar-refractivity contribution in [3.05, 3.63) is 88.7 Å². The highest BCUT2D eigenvalue weighted by atomic mass is 32.2. The fourth-order valence-corrected chi connectivity index (χ4v) is 3.91. The van der Waals surface area contributed by atoms with Gasteiger partial charge in [0.15, 0.2) is 0 Å². The lowest BCUT2D eigenvalue weighted by molar-refractivity contribution is 0.0951. The lowest BCUT2D eigenvalue weighted by atomic mass is 10.1. The molecule has 3 aromatic rings. The molecule has 0 spiro atoms. The maximum absolute atomic E-state index is 12.6. The van der Waals surface area contributed by atoms with Crippen molar-refractivity contribution in [2.24, 2.45) is 0 Å². The average Bonchev–Trinajstić information content (AvgIpc) is 2.70. The van der Waals surface area contributed by atoms with E-state index in [2.05, 4.69) is 10.3 Å². The van der Waals surface area contributed by atoms with Gasteiger partial charge in [-0.15, -0.1) is 0 Å². The summed E-state index contributed by atoms with van der Waals surface area (Å²) < 4.78 is 25.5. The fraction of sp³-hybridized carbons (Fsp3) is 0.182. The van der Waals surface area contributed by atoms with Crippen LogP contribution in [0.25, 0.3) is 0 Å². The van der Waals surface area contributed by atoms with E-state index in [0.717, 1.165) is 22.3 Å². The van der Waals surface area contributed by atoms with Gasteiger partial charge in [0.2, 0.25) is 10.9 Å². The summed E-state index contributed by atoms with van der Waals surface area (Å²) in [7, 11) is -2.94. The van der Waals surface area contributed by atoms with E-state index >= 15 is 0 Å². The van der Waals surface area contributed by atoms with E-state index in [0.29, 0.717) is 23.5 Å². The zero-order valence-corrected chi connectivity index (χ0v) is 17.4. The summed E-state index contributed by atoms with van der Waals surface area (Å²) in [6, 6.07) is 14.3. The van der Waals surface area contributed by atoms with Crippen LogP contribution in [0.3, 0.4) is 0 Å². The summed E-state index contributed by atoms with van der Waals surface area (Å²) >= 11 is 0. The number of hydrogen-bond acceptors (Lipinski definition) is 4. The Morgan fingerprint density at radius 1 is 1.00 bits per heavy atom. The average molecular weight is 410 g/mol. The van der Waals surface area contributed by atoms with Crippen molar-refractivity contribution in [3.63, 3.8) is 0 Å². The van der Waals surface area contributed by atoms with Gasteiger partial charge < -0.3 is 5.32 Å². The first-order valence-corrected chi connectivity index (χ1v) is 10.3. The Bertz CT molecular complexity index is 1100. The quantitative estimate of drug-likeness (QED) is 0.610. The number of aryl methyl sites for hydroxylation is 3. The van der Waals surface area contributed by atoms with Crippen molar-refractivity contribution in [1.82, 2.24) is 10.3 Å². The lowest BCUT2D eigenvalue weighted by Crippen LogP contribution is -2.24. The first-order chi connectivity index (χ1) is 13.9. The number of thiol groups is 1. The molecule has 0 radical (unpaired) electrons. The fourth-order valence-electron chi connectivity index (χ4n) is 3.11. The molecule has 0 unspecified atom stereocenters. The minimum Gasteiger partial charge on any atom is -0.348 e. The number of carbonyl (C=O) groups is 1. The molecule has 0 saturated heterocycles. The summed E-state index contributed by atoms with van der Waals surface area (Å²) in [5.74, 6) is -0.281. The Morgan fingerprint density at radius 3 is 2.45 bits per heavy atom. The first kappa shape index (κ1) is 20.5. The van der Waals surface area contributed by atoms with Gasteiger partial charge in [-0.3, -0.25) is 9.78 Å². The number of nitrogens with one attached hydrogen (secondary N) is 1. The number of rotatable bonds is 6. The normalized spacial score (nSPS) is 10.8. The Kier molecular flexibility index (Phi) is 6.29. The van der Waals surface area contributed by atoms with Crippen LogP contribution in [0.2, 0.25) is 0 Å². The topological polar surface area (TPSA) is 79.4 Å². The van der Waals surface area contributed by atoms with Crippen LogP contribution in [0.4, 0.5) is 11.4 Å². The molecule has 0 fully saturated rings. The predicted octanol–water partition coefficient (Wildman–Crippen LogP) is 3.60. The van der Waals surface area contributed by atoms with Gasteiger partial charge in [0.25, 0.3) is 5.91 Å². The lowest BCUT2D eigenvalue weighted by Gasteiger charge is -2.22. The molecule has 0 aliphatic carbocycles. The van der Waals surface area contributed by atoms with Gasteiger partial charge >= 0.3 is 0 Å². The molecule has 1 N–H and O–H groups in total. The molecule has 7 heteroatoms. The van der Waals surface area contributed by atoms with Crippen molar-refractivity contribution in [3.8, 4) is 0 Å². The second-order valence-electron chi connectivity index (χ2n) is 6.88. The summed E-state index contributed by atoms with van der Waals surface area (Å²) in [6.07, 6.45) is 3.36. The van der Waals surface area contributed by atoms with E-state index in [9.17, 15) is 13.2 Å². The summed E-state index contributed by atoms with van der Waals surface area (Å²) in [5.41, 5.74) is 4.95. The zero-order valence-electron chi connectivity index (χ0n) is 16.5. The van der Waals surface area contributed by atoms with Gasteiger partial charge in [-0.25, -0.2) is 12.7 Å². The van der Waals surface area contributed by atoms with E-state index in [-0.39, 0.29) is 5.91 Å². The van der Waals surface area contributed by atoms with Gasteiger partial charge in [0, 0.05) is 24.5 Å². The summed E-state index contributed by atoms with van der Waals surface area (Å²) in [5, 5.41) is 2.84. The highest BCUT2D eigenvalue weighted by molar-refractivity contribution is 7.74. The molecule has 1 aromatic heterocycles. The van der Waals surface area contributed by atoms with Gasteiger partial charge in [-0.1, -0.05) is 29.8 Å². The molecule has 3 rings (SSSR count). The smallest absolute Gasteiger partial charge is 0.251 e. The minimum absolute atomic E-state index is 0.281. The van der Waals surface area contributed by atoms with Gasteiger partial charge in [0.1, 0.15) is 0 Å². The Morgan fingerprint density at radius 2 is 1.79 bits per heavy atom. The highest BCUT2D eigenvalue weighted by Crippen LogP contribution is 2.32. The molecular formula is C22H23N3O3S. The van der Waals surface area contributed by atoms with Gasteiger partial charge in [0.05, 0.1) is 11.4 Å². The van der Waals surface area contributed by atoms with Crippen LogP contribution >= 0.6 is 0 Å². The molecule has 0 saturated carbocycles. The van der Waals surface area contributed by atoms with E-state index in [1.165, 1.54) is 4.31 Å². The first-order valence-electron chi connectivity index (χ1n) is 9.16. The molecular weight excluding hydrogens is 386 g/mol. The van der Waals surface area contributed by atoms with E-state index in [4.69, 9.17) is 0 Å². The van der Waals surface area contributed by atoms with E-state index in [1.54, 1.807) is 42.7 Å². The second-order valence-corrected chi connectivity index (χ2v) is 7.76. The monoisotopic (exact) mass is 409 g/mol. The second kappa shape index (κ2) is 8.87. The van der Waals surface area contributed by atoms with Crippen molar-refractivity contribution in [2.75, 3.05) is 4.31 Å². The largest absolute Gasteiger partial charge is 0.348 e. The Balaban J connectivity index is 1.93. The Labute approximate surface area is 172 Å². The van der Waals surface area contributed by atoms with Crippen molar-refractivity contribution >= 4 is 28.2 Å². The van der Waals surface area contributed by atoms with Crippen molar-refractivity contribution < 1.29 is 13.2 Å². The van der Waals surface area contributed by atoms with Gasteiger partial charge in [-0.05, 0) is 61.7 Å². The summed E-state index contributed by atoms with van der Waals surface area (Å²) in [4.78, 5) is 16.6. The molecule has 150 valence electrons. The molecule has 1 heterocycles. The molecule has 6 nitrogen and oxygen atoms in total. The number of anilines is 2. The molecule has 29 heavy (non-hydrogen) atoms. The molecule has 1 amide bonds. The number of amides is 1. The maximum Gasteiger partial charge on any atom is 0.251 e. The zero-order chi connectivity index (χ0) is 21.0. The van der Waals surface area contributed by atoms with Crippen molar-refractivity contribution in [1.29, 1.82) is 0 Å². The Hall–Kier alpha value is -3.19. The van der Waals surface area contributed by atoms with E-state index in [1.807, 2.05) is 39.0 Å². The van der Waals surface area contributed by atoms with Crippen LogP contribution in [-0.4, -0.2) is 19.3 Å². The maximum atomic E-state index is 12.6. The van der Waals surface area contributed by atoms with E-state index < -0.39 is 10.9 Å². The number of hydrogen-bond donors (Lipinski definition) is 2. The standard InChI is InChI=1S/C22H23N3O3S/c1-15-6-9-20(17(3)11-15)25(29(27)28)21-12-19(8-7-16(21)2)22(26)24-14-18-5-4-10-23-13-18/h4-13,29H,14H2,1-3H3,(H,24,26). The third-order valence-electron chi connectivity index (χ3n) is 4.62. The third kappa shape index (κ3) is 4.81. The molecule has 2 aromatic carbocycles. The number of nitrogens with zero attached hydrogens (tertiary/aromatic N) is 2. The predicted molar refractivity (Wildman–Crippen MR) is 115 cm³/mol. The van der Waals surface area contributed by atoms with Crippen LogP contribution < -0.4 is 9.62 Å². The molecule has 0 aliphatic heterocycles. The van der Waals surface area contributed by atoms with Crippen molar-refractivity contribution in [2.45, 2.75) is 27.3 Å². The number of carbonyl (C=O) groups excluding carboxylic acids is 1. The third-order valence-corrected chi connectivity index (χ3v) is 5.38. The molecule has 0 aliphatic rings. The highest BCUT2D eigenvalue weighted by Gasteiger charge is 2.18. The van der Waals surface area contributed by atoms with Gasteiger partial charge in [-0.2, -0.15) is 0 Å². The number of aromatic nitrogens is 1. The SMILES string of the molecule is Cc1ccc(N(c2cc(C(=O)NCc3cccnc3)ccc2C)[SH](=O)=O)c(C)c1. The van der Waals surface area contributed by atoms with Crippen LogP contribution in [0.1, 0.15) is 32.6 Å². The minimum atomic E-state index is -2.94. The number of pyridine rings is 1. The van der Waals surface area contributed by atoms with Crippen LogP contribution in [0.5, 0.6) is 0 Å². The van der Waals surface area contributed by atoms with Crippen LogP contribution in [0.15, 0.2) is 60.9 Å². The number of benzene rings is 2. The van der Waals surface area contributed by atoms with Crippen LogP contribution in [0, 0.1) is 20.8 Å². The van der Waals surface area contributed by atoms with Crippen LogP contribution in [-0.2, 0) is 17.4 Å². The molecule has 0 bridgehead atoms. The molecule has 0 atom stereocenters. The summed E-state index contributed by atoms with van der Waals surface area (Å²) in [6.45, 7) is 5.99.